The predicted molar refractivity (Wildman–Crippen MR) is 129 cm³/mol. The number of benzene rings is 2. The van der Waals surface area contributed by atoms with Crippen LogP contribution in [-0.2, 0) is 20.8 Å². The minimum atomic E-state index is -0.355. The number of hydrogen-bond acceptors (Lipinski definition) is 4. The van der Waals surface area contributed by atoms with E-state index in [0.717, 1.165) is 30.5 Å². The van der Waals surface area contributed by atoms with Crippen LogP contribution in [0.4, 0.5) is 0 Å². The number of likely N-dealkylation sites (tertiary alicyclic amines) is 1. The number of hydrogen-bond donors (Lipinski definition) is 0. The summed E-state index contributed by atoms with van der Waals surface area (Å²) < 4.78 is 4.46. The first-order valence-electron chi connectivity index (χ1n) is 11.5. The molecule has 0 bridgehead atoms. The lowest BCUT2D eigenvalue weighted by atomic mass is 9.76. The molecule has 33 heavy (non-hydrogen) atoms. The summed E-state index contributed by atoms with van der Waals surface area (Å²) in [5.74, 6) is 0.935. The number of fused-ring (bicyclic) bond motifs is 1. The Balaban J connectivity index is 1.36. The minimum absolute atomic E-state index is 0.297. The average Bonchev–Trinajstić information content (AvgIpc) is 3.28. The zero-order valence-electron chi connectivity index (χ0n) is 19.1. The fourth-order valence-corrected chi connectivity index (χ4v) is 5.20. The molecule has 4 aromatic rings. The maximum Gasteiger partial charge on any atom is 0.332 e. The molecular formula is C26H29N5O2. The van der Waals surface area contributed by atoms with E-state index in [0.29, 0.717) is 29.7 Å². The SMILES string of the molecule is Cn1c(=O)c2c(ncn2CN2CCC(C(c3ccccc3)c3ccccc3)CC2)n(C)c1=O. The van der Waals surface area contributed by atoms with Crippen LogP contribution < -0.4 is 11.2 Å². The largest absolute Gasteiger partial charge is 0.332 e. The van der Waals surface area contributed by atoms with Crippen LogP contribution >= 0.6 is 0 Å². The standard InChI is InChI=1S/C26H29N5O2/c1-28-24-23(25(32)29(2)26(28)33)31(17-27-24)18-30-15-13-21(14-16-30)22(19-9-5-3-6-10-19)20-11-7-4-8-12-20/h3-12,17,21-22H,13-16,18H2,1-2H3. The van der Waals surface area contributed by atoms with Crippen molar-refractivity contribution in [1.82, 2.24) is 23.6 Å². The van der Waals surface area contributed by atoms with Crippen molar-refractivity contribution in [3.8, 4) is 0 Å². The number of aryl methyl sites for hydroxylation is 1. The van der Waals surface area contributed by atoms with Crippen molar-refractivity contribution in [2.75, 3.05) is 13.1 Å². The molecule has 0 spiro atoms. The van der Waals surface area contributed by atoms with Crippen molar-refractivity contribution in [2.45, 2.75) is 25.4 Å². The lowest BCUT2D eigenvalue weighted by Gasteiger charge is -2.36. The molecular weight excluding hydrogens is 414 g/mol. The molecule has 0 unspecified atom stereocenters. The van der Waals surface area contributed by atoms with Gasteiger partial charge in [-0.15, -0.1) is 0 Å². The van der Waals surface area contributed by atoms with E-state index in [2.05, 4.69) is 70.5 Å². The lowest BCUT2D eigenvalue weighted by Crippen LogP contribution is -2.39. The number of imidazole rings is 1. The molecule has 5 rings (SSSR count). The summed E-state index contributed by atoms with van der Waals surface area (Å²) in [6, 6.07) is 21.6. The summed E-state index contributed by atoms with van der Waals surface area (Å²) in [7, 11) is 3.17. The van der Waals surface area contributed by atoms with Gasteiger partial charge in [0.05, 0.1) is 13.0 Å². The Morgan fingerprint density at radius 2 is 1.45 bits per heavy atom. The highest BCUT2D eigenvalue weighted by Gasteiger charge is 2.29. The van der Waals surface area contributed by atoms with E-state index in [9.17, 15) is 9.59 Å². The summed E-state index contributed by atoms with van der Waals surface area (Å²) in [6.07, 6.45) is 3.84. The Labute approximate surface area is 192 Å². The third-order valence-electron chi connectivity index (χ3n) is 6.99. The van der Waals surface area contributed by atoms with Crippen LogP contribution in [0.5, 0.6) is 0 Å². The summed E-state index contributed by atoms with van der Waals surface area (Å²) in [5.41, 5.74) is 3.00. The monoisotopic (exact) mass is 443 g/mol. The van der Waals surface area contributed by atoms with Crippen LogP contribution in [0, 0.1) is 5.92 Å². The third kappa shape index (κ3) is 3.93. The highest BCUT2D eigenvalue weighted by Crippen LogP contribution is 2.38. The van der Waals surface area contributed by atoms with Gasteiger partial charge in [0.25, 0.3) is 5.56 Å². The van der Waals surface area contributed by atoms with Crippen molar-refractivity contribution in [1.29, 1.82) is 0 Å². The first-order valence-corrected chi connectivity index (χ1v) is 11.5. The van der Waals surface area contributed by atoms with Gasteiger partial charge in [-0.2, -0.15) is 0 Å². The van der Waals surface area contributed by atoms with Crippen LogP contribution in [0.25, 0.3) is 11.2 Å². The van der Waals surface area contributed by atoms with Gasteiger partial charge in [0.1, 0.15) is 0 Å². The Kier molecular flexibility index (Phi) is 5.72. The van der Waals surface area contributed by atoms with E-state index in [1.807, 2.05) is 4.57 Å². The van der Waals surface area contributed by atoms with Gasteiger partial charge in [0.15, 0.2) is 11.2 Å². The molecule has 1 aliphatic rings. The topological polar surface area (TPSA) is 65.1 Å². The van der Waals surface area contributed by atoms with Gasteiger partial charge in [-0.3, -0.25) is 18.8 Å². The van der Waals surface area contributed by atoms with Gasteiger partial charge in [-0.1, -0.05) is 60.7 Å². The van der Waals surface area contributed by atoms with Crippen LogP contribution in [0.15, 0.2) is 76.6 Å². The zero-order valence-corrected chi connectivity index (χ0v) is 19.1. The fourth-order valence-electron chi connectivity index (χ4n) is 5.20. The molecule has 0 aliphatic carbocycles. The van der Waals surface area contributed by atoms with Crippen LogP contribution in [-0.4, -0.2) is 36.7 Å². The van der Waals surface area contributed by atoms with Crippen molar-refractivity contribution >= 4 is 11.2 Å². The molecule has 7 nitrogen and oxygen atoms in total. The van der Waals surface area contributed by atoms with Crippen molar-refractivity contribution in [3.63, 3.8) is 0 Å². The molecule has 0 radical (unpaired) electrons. The van der Waals surface area contributed by atoms with Gasteiger partial charge in [0.2, 0.25) is 0 Å². The van der Waals surface area contributed by atoms with E-state index in [-0.39, 0.29) is 11.2 Å². The molecule has 1 fully saturated rings. The minimum Gasteiger partial charge on any atom is -0.311 e. The highest BCUT2D eigenvalue weighted by atomic mass is 16.2. The average molecular weight is 444 g/mol. The Morgan fingerprint density at radius 1 is 0.879 bits per heavy atom. The fraction of sp³-hybridized carbons (Fsp3) is 0.346. The number of piperidine rings is 1. The summed E-state index contributed by atoms with van der Waals surface area (Å²) in [6.45, 7) is 2.50. The van der Waals surface area contributed by atoms with Gasteiger partial charge in [-0.25, -0.2) is 9.78 Å². The van der Waals surface area contributed by atoms with Crippen LogP contribution in [0.1, 0.15) is 29.9 Å². The maximum atomic E-state index is 12.8. The van der Waals surface area contributed by atoms with Crippen molar-refractivity contribution < 1.29 is 0 Å². The van der Waals surface area contributed by atoms with Gasteiger partial charge >= 0.3 is 5.69 Å². The smallest absolute Gasteiger partial charge is 0.311 e. The molecule has 2 aromatic carbocycles. The number of rotatable bonds is 5. The quantitative estimate of drug-likeness (QED) is 0.476. The molecule has 0 saturated carbocycles. The molecule has 3 heterocycles. The molecule has 1 saturated heterocycles. The summed E-state index contributed by atoms with van der Waals surface area (Å²) >= 11 is 0. The molecule has 0 atom stereocenters. The molecule has 7 heteroatoms. The molecule has 0 N–H and O–H groups in total. The normalized spacial score (nSPS) is 15.5. The van der Waals surface area contributed by atoms with Crippen LogP contribution in [0.2, 0.25) is 0 Å². The van der Waals surface area contributed by atoms with E-state index in [1.165, 1.54) is 22.7 Å². The molecule has 1 aliphatic heterocycles. The van der Waals surface area contributed by atoms with Gasteiger partial charge < -0.3 is 4.57 Å². The second-order valence-electron chi connectivity index (χ2n) is 8.99. The molecule has 2 aromatic heterocycles. The summed E-state index contributed by atoms with van der Waals surface area (Å²) in [4.78, 5) is 31.7. The number of nitrogens with zero attached hydrogens (tertiary/aromatic N) is 5. The zero-order chi connectivity index (χ0) is 22.9. The first kappa shape index (κ1) is 21.4. The summed E-state index contributed by atoms with van der Waals surface area (Å²) in [5, 5.41) is 0. The first-order chi connectivity index (χ1) is 16.0. The van der Waals surface area contributed by atoms with Crippen molar-refractivity contribution in [2.24, 2.45) is 20.0 Å². The Hall–Kier alpha value is -3.45. The van der Waals surface area contributed by atoms with E-state index in [1.54, 1.807) is 13.4 Å². The van der Waals surface area contributed by atoms with Gasteiger partial charge in [-0.05, 0) is 29.9 Å². The number of aromatic nitrogens is 4. The second kappa shape index (κ2) is 8.83. The lowest BCUT2D eigenvalue weighted by molar-refractivity contribution is 0.142. The second-order valence-corrected chi connectivity index (χ2v) is 8.99. The predicted octanol–water partition coefficient (Wildman–Crippen LogP) is 2.94. The molecule has 170 valence electrons. The van der Waals surface area contributed by atoms with Gasteiger partial charge in [0, 0.05) is 33.1 Å². The Bertz CT molecular complexity index is 1320. The van der Waals surface area contributed by atoms with E-state index in [4.69, 9.17) is 0 Å². The van der Waals surface area contributed by atoms with Crippen molar-refractivity contribution in [3.05, 3.63) is 99.0 Å². The van der Waals surface area contributed by atoms with E-state index < -0.39 is 0 Å². The highest BCUT2D eigenvalue weighted by molar-refractivity contribution is 5.69. The third-order valence-corrected chi connectivity index (χ3v) is 6.99. The maximum absolute atomic E-state index is 12.8. The Morgan fingerprint density at radius 3 is 2.03 bits per heavy atom. The molecule has 0 amide bonds. The van der Waals surface area contributed by atoms with E-state index >= 15 is 0 Å². The van der Waals surface area contributed by atoms with Crippen LogP contribution in [0.3, 0.4) is 0 Å².